The first kappa shape index (κ1) is 27.9. The average molecular weight is 644 g/mol. The number of ketones is 2. The van der Waals surface area contributed by atoms with Crippen LogP contribution in [-0.4, -0.2) is 18.2 Å². The highest BCUT2D eigenvalue weighted by atomic mass is 127. The molecule has 0 radical (unpaired) electrons. The van der Waals surface area contributed by atoms with Crippen molar-refractivity contribution in [3.05, 3.63) is 79.5 Å². The zero-order valence-electron chi connectivity index (χ0n) is 23.2. The first-order chi connectivity index (χ1) is 18.4. The van der Waals surface area contributed by atoms with Crippen LogP contribution >= 0.6 is 22.6 Å². The summed E-state index contributed by atoms with van der Waals surface area (Å²) >= 11 is 2.20. The smallest absolute Gasteiger partial charge is 0.174 e. The third-order valence-corrected chi connectivity index (χ3v) is 8.52. The van der Waals surface area contributed by atoms with Gasteiger partial charge in [0.2, 0.25) is 0 Å². The summed E-state index contributed by atoms with van der Waals surface area (Å²) in [5.41, 5.74) is 4.22. The highest BCUT2D eigenvalue weighted by molar-refractivity contribution is 14.1. The lowest BCUT2D eigenvalue weighted by atomic mass is 9.64. The average Bonchev–Trinajstić information content (AvgIpc) is 2.81. The molecule has 39 heavy (non-hydrogen) atoms. The van der Waals surface area contributed by atoms with Crippen molar-refractivity contribution in [3.63, 3.8) is 0 Å². The summed E-state index contributed by atoms with van der Waals surface area (Å²) < 4.78 is 27.1. The molecule has 5 rings (SSSR count). The standard InChI is InChI=1S/C32H35FINO4/c1-6-38-26-12-19(11-21(34)30(26)39-17-18-9-7-8-10-20(18)33)27-28-22(13-31(2,3)15-24(28)36)35-23-14-32(4,5)16-25(37)29(23)27/h7-12,27,35H,6,13-17H2,1-5H3. The van der Waals surface area contributed by atoms with Gasteiger partial charge >= 0.3 is 0 Å². The molecule has 7 heteroatoms. The monoisotopic (exact) mass is 643 g/mol. The fourth-order valence-electron chi connectivity index (χ4n) is 6.15. The lowest BCUT2D eigenvalue weighted by Crippen LogP contribution is -2.42. The predicted molar refractivity (Wildman–Crippen MR) is 157 cm³/mol. The zero-order chi connectivity index (χ0) is 28.1. The van der Waals surface area contributed by atoms with Crippen molar-refractivity contribution in [1.29, 1.82) is 0 Å². The fraction of sp³-hybridized carbons (Fsp3) is 0.438. The number of carbonyl (C=O) groups is 2. The summed E-state index contributed by atoms with van der Waals surface area (Å²) in [5.74, 6) is 0.413. The first-order valence-electron chi connectivity index (χ1n) is 13.5. The molecule has 0 bridgehead atoms. The molecular formula is C32H35FINO4. The number of hydrogen-bond acceptors (Lipinski definition) is 5. The van der Waals surface area contributed by atoms with Gasteiger partial charge in [0.15, 0.2) is 23.1 Å². The minimum absolute atomic E-state index is 0.0567. The molecule has 0 spiro atoms. The first-order valence-corrected chi connectivity index (χ1v) is 14.6. The van der Waals surface area contributed by atoms with Crippen molar-refractivity contribution < 1.29 is 23.5 Å². The van der Waals surface area contributed by atoms with E-state index in [4.69, 9.17) is 9.47 Å². The van der Waals surface area contributed by atoms with E-state index in [-0.39, 0.29) is 34.8 Å². The summed E-state index contributed by atoms with van der Waals surface area (Å²) in [7, 11) is 0. The second kappa shape index (κ2) is 10.4. The number of halogens is 2. The maximum absolute atomic E-state index is 14.3. The van der Waals surface area contributed by atoms with Gasteiger partial charge in [-0.15, -0.1) is 0 Å². The van der Waals surface area contributed by atoms with Crippen LogP contribution in [-0.2, 0) is 16.2 Å². The van der Waals surface area contributed by atoms with Gasteiger partial charge in [0.1, 0.15) is 12.4 Å². The molecule has 0 unspecified atom stereocenters. The molecule has 3 aliphatic rings. The summed E-state index contributed by atoms with van der Waals surface area (Å²) in [4.78, 5) is 27.3. The number of carbonyl (C=O) groups excluding carboxylic acids is 2. The Balaban J connectivity index is 1.62. The van der Waals surface area contributed by atoms with Crippen molar-refractivity contribution in [2.24, 2.45) is 10.8 Å². The van der Waals surface area contributed by atoms with E-state index < -0.39 is 5.92 Å². The Morgan fingerprint density at radius 3 is 2.08 bits per heavy atom. The van der Waals surface area contributed by atoms with E-state index >= 15 is 0 Å². The molecule has 5 nitrogen and oxygen atoms in total. The molecule has 0 saturated heterocycles. The molecule has 1 heterocycles. The lowest BCUT2D eigenvalue weighted by molar-refractivity contribution is -0.119. The number of rotatable bonds is 6. The topological polar surface area (TPSA) is 64.6 Å². The van der Waals surface area contributed by atoms with Gasteiger partial charge < -0.3 is 14.8 Å². The van der Waals surface area contributed by atoms with Gasteiger partial charge in [-0.05, 0) is 76.9 Å². The third-order valence-electron chi connectivity index (χ3n) is 7.71. The Morgan fingerprint density at radius 2 is 1.51 bits per heavy atom. The van der Waals surface area contributed by atoms with Crippen molar-refractivity contribution in [2.45, 2.75) is 72.8 Å². The number of allylic oxidation sites excluding steroid dienone is 4. The highest BCUT2D eigenvalue weighted by Crippen LogP contribution is 2.52. The summed E-state index contributed by atoms with van der Waals surface area (Å²) in [6.45, 7) is 10.8. The Kier molecular flexibility index (Phi) is 7.42. The molecule has 0 aromatic heterocycles. The number of dihydropyridines is 1. The van der Waals surface area contributed by atoms with Crippen LogP contribution in [0.1, 0.15) is 77.3 Å². The van der Waals surface area contributed by atoms with Gasteiger partial charge in [-0.25, -0.2) is 4.39 Å². The molecule has 1 N–H and O–H groups in total. The number of benzene rings is 2. The van der Waals surface area contributed by atoms with Crippen LogP contribution in [0.25, 0.3) is 0 Å². The van der Waals surface area contributed by atoms with Crippen LogP contribution in [0.4, 0.5) is 4.39 Å². The molecule has 1 aliphatic heterocycles. The second-order valence-electron chi connectivity index (χ2n) is 12.4. The maximum Gasteiger partial charge on any atom is 0.174 e. The summed E-state index contributed by atoms with van der Waals surface area (Å²) in [6, 6.07) is 10.4. The van der Waals surface area contributed by atoms with Crippen LogP contribution in [0.5, 0.6) is 11.5 Å². The van der Waals surface area contributed by atoms with Crippen LogP contribution in [0.15, 0.2) is 58.9 Å². The van der Waals surface area contributed by atoms with Crippen LogP contribution in [0.3, 0.4) is 0 Å². The number of Topliss-reactive ketones (excluding diaryl/α,β-unsaturated/α-hetero) is 2. The van der Waals surface area contributed by atoms with Crippen LogP contribution in [0.2, 0.25) is 0 Å². The van der Waals surface area contributed by atoms with E-state index in [2.05, 4.69) is 55.6 Å². The molecule has 0 atom stereocenters. The summed E-state index contributed by atoms with van der Waals surface area (Å²) in [6.07, 6.45) is 2.36. The molecule has 0 saturated carbocycles. The van der Waals surface area contributed by atoms with Gasteiger partial charge in [-0.1, -0.05) is 45.9 Å². The SMILES string of the molecule is CCOc1cc(C2C3=C(CC(C)(C)CC3=O)NC3=C2C(=O)CC(C)(C)C3)cc(I)c1OCc1ccccc1F. The quantitative estimate of drug-likeness (QED) is 0.333. The van der Waals surface area contributed by atoms with Gasteiger partial charge in [0.25, 0.3) is 0 Å². The molecule has 0 amide bonds. The number of nitrogens with one attached hydrogen (secondary N) is 1. The molecule has 206 valence electrons. The lowest BCUT2D eigenvalue weighted by Gasteiger charge is -2.44. The Hall–Kier alpha value is -2.68. The Labute approximate surface area is 243 Å². The maximum atomic E-state index is 14.3. The van der Waals surface area contributed by atoms with Gasteiger partial charge in [-0.2, -0.15) is 0 Å². The Morgan fingerprint density at radius 1 is 0.923 bits per heavy atom. The molecule has 2 aliphatic carbocycles. The van der Waals surface area contributed by atoms with Crippen LogP contribution in [0, 0.1) is 20.2 Å². The molecule has 2 aromatic carbocycles. The van der Waals surface area contributed by atoms with E-state index in [0.717, 1.165) is 33.4 Å². The third kappa shape index (κ3) is 5.52. The van der Waals surface area contributed by atoms with Crippen molar-refractivity contribution in [2.75, 3.05) is 6.61 Å². The number of ether oxygens (including phenoxy) is 2. The normalized spacial score (nSPS) is 20.4. The van der Waals surface area contributed by atoms with Crippen molar-refractivity contribution in [3.8, 4) is 11.5 Å². The Bertz CT molecular complexity index is 1370. The minimum Gasteiger partial charge on any atom is -0.490 e. The van der Waals surface area contributed by atoms with Gasteiger partial charge in [-0.3, -0.25) is 9.59 Å². The fourth-order valence-corrected chi connectivity index (χ4v) is 6.93. The van der Waals surface area contributed by atoms with E-state index in [9.17, 15) is 14.0 Å². The van der Waals surface area contributed by atoms with Crippen LogP contribution < -0.4 is 14.8 Å². The van der Waals surface area contributed by atoms with Crippen molar-refractivity contribution in [1.82, 2.24) is 5.32 Å². The molecular weight excluding hydrogens is 608 g/mol. The predicted octanol–water partition coefficient (Wildman–Crippen LogP) is 7.38. The summed E-state index contributed by atoms with van der Waals surface area (Å²) in [5, 5.41) is 3.56. The van der Waals surface area contributed by atoms with E-state index in [1.165, 1.54) is 6.07 Å². The second-order valence-corrected chi connectivity index (χ2v) is 13.5. The molecule has 2 aromatic rings. The largest absolute Gasteiger partial charge is 0.490 e. The van der Waals surface area contributed by atoms with E-state index in [1.807, 2.05) is 19.1 Å². The van der Waals surface area contributed by atoms with Crippen molar-refractivity contribution >= 4 is 34.2 Å². The van der Waals surface area contributed by atoms with Gasteiger partial charge in [0.05, 0.1) is 10.2 Å². The number of hydrogen-bond donors (Lipinski definition) is 1. The molecule has 0 fully saturated rings. The van der Waals surface area contributed by atoms with E-state index in [1.54, 1.807) is 18.2 Å². The highest BCUT2D eigenvalue weighted by Gasteiger charge is 2.46. The zero-order valence-corrected chi connectivity index (χ0v) is 25.3. The van der Waals surface area contributed by atoms with Gasteiger partial charge in [0, 0.05) is 46.9 Å². The minimum atomic E-state index is -0.461. The van der Waals surface area contributed by atoms with E-state index in [0.29, 0.717) is 47.7 Å².